The summed E-state index contributed by atoms with van der Waals surface area (Å²) in [5, 5.41) is 3.74. The van der Waals surface area contributed by atoms with Crippen LogP contribution < -0.4 is 5.32 Å². The maximum atomic E-state index is 3.74. The zero-order valence-electron chi connectivity index (χ0n) is 14.1. The van der Waals surface area contributed by atoms with Gasteiger partial charge in [0.15, 0.2) is 0 Å². The summed E-state index contributed by atoms with van der Waals surface area (Å²) in [6, 6.07) is 1.37. The molecule has 0 aromatic rings. The Morgan fingerprint density at radius 3 is 2.42 bits per heavy atom. The van der Waals surface area contributed by atoms with Crippen molar-refractivity contribution in [2.75, 3.05) is 19.6 Å². The first-order chi connectivity index (χ1) is 8.80. The highest BCUT2D eigenvalue weighted by Gasteiger charge is 2.29. The van der Waals surface area contributed by atoms with E-state index in [1.807, 2.05) is 0 Å². The fourth-order valence-corrected chi connectivity index (χ4v) is 2.93. The van der Waals surface area contributed by atoms with Gasteiger partial charge in [0.1, 0.15) is 0 Å². The summed E-state index contributed by atoms with van der Waals surface area (Å²) in [6.45, 7) is 17.8. The van der Waals surface area contributed by atoms with Gasteiger partial charge in [-0.3, -0.25) is 4.90 Å². The third kappa shape index (κ3) is 6.27. The molecule has 2 heteroatoms. The zero-order chi connectivity index (χ0) is 14.5. The van der Waals surface area contributed by atoms with Gasteiger partial charge in [-0.15, -0.1) is 0 Å². The van der Waals surface area contributed by atoms with Crippen LogP contribution >= 0.6 is 0 Å². The van der Waals surface area contributed by atoms with Gasteiger partial charge in [0.25, 0.3) is 0 Å². The molecule has 1 aliphatic heterocycles. The first-order valence-corrected chi connectivity index (χ1v) is 8.28. The fraction of sp³-hybridized carbons (Fsp3) is 1.00. The third-order valence-electron chi connectivity index (χ3n) is 4.50. The Morgan fingerprint density at radius 2 is 1.84 bits per heavy atom. The topological polar surface area (TPSA) is 15.3 Å². The molecule has 2 nitrogen and oxygen atoms in total. The molecule has 1 heterocycles. The van der Waals surface area contributed by atoms with Crippen LogP contribution in [-0.4, -0.2) is 36.6 Å². The van der Waals surface area contributed by atoms with Crippen LogP contribution in [0.2, 0.25) is 0 Å². The largest absolute Gasteiger partial charge is 0.312 e. The van der Waals surface area contributed by atoms with Gasteiger partial charge >= 0.3 is 0 Å². The first-order valence-electron chi connectivity index (χ1n) is 8.28. The van der Waals surface area contributed by atoms with Crippen LogP contribution in [-0.2, 0) is 0 Å². The van der Waals surface area contributed by atoms with Crippen molar-refractivity contribution in [1.82, 2.24) is 10.2 Å². The van der Waals surface area contributed by atoms with Gasteiger partial charge in [0, 0.05) is 18.6 Å². The minimum atomic E-state index is 0.361. The van der Waals surface area contributed by atoms with Gasteiger partial charge in [0.05, 0.1) is 0 Å². The lowest BCUT2D eigenvalue weighted by atomic mass is 9.86. The van der Waals surface area contributed by atoms with Gasteiger partial charge in [-0.2, -0.15) is 0 Å². The Kier molecular flexibility index (Phi) is 6.82. The monoisotopic (exact) mass is 268 g/mol. The summed E-state index contributed by atoms with van der Waals surface area (Å²) in [4.78, 5) is 2.72. The van der Waals surface area contributed by atoms with Crippen molar-refractivity contribution in [1.29, 1.82) is 0 Å². The van der Waals surface area contributed by atoms with E-state index in [0.717, 1.165) is 12.0 Å². The van der Waals surface area contributed by atoms with E-state index in [0.29, 0.717) is 11.5 Å². The number of hydrogen-bond donors (Lipinski definition) is 1. The molecule has 0 spiro atoms. The molecule has 0 amide bonds. The van der Waals surface area contributed by atoms with Gasteiger partial charge in [0.2, 0.25) is 0 Å². The quantitative estimate of drug-likeness (QED) is 0.813. The van der Waals surface area contributed by atoms with Crippen LogP contribution in [0.3, 0.4) is 0 Å². The van der Waals surface area contributed by atoms with E-state index in [1.54, 1.807) is 0 Å². The molecule has 1 saturated heterocycles. The molecule has 0 saturated carbocycles. The Hall–Kier alpha value is -0.0800. The fourth-order valence-electron chi connectivity index (χ4n) is 2.93. The minimum absolute atomic E-state index is 0.361. The van der Waals surface area contributed by atoms with Crippen molar-refractivity contribution in [3.05, 3.63) is 0 Å². The highest BCUT2D eigenvalue weighted by atomic mass is 15.2. The average molecular weight is 268 g/mol. The summed E-state index contributed by atoms with van der Waals surface area (Å²) < 4.78 is 0. The summed E-state index contributed by atoms with van der Waals surface area (Å²) in [5.74, 6) is 0.848. The molecule has 1 rings (SSSR count). The molecule has 0 aromatic heterocycles. The molecule has 2 unspecified atom stereocenters. The van der Waals surface area contributed by atoms with Gasteiger partial charge < -0.3 is 5.32 Å². The van der Waals surface area contributed by atoms with Crippen molar-refractivity contribution in [3.8, 4) is 0 Å². The van der Waals surface area contributed by atoms with Crippen LogP contribution in [0.25, 0.3) is 0 Å². The third-order valence-corrected chi connectivity index (χ3v) is 4.50. The lowest BCUT2D eigenvalue weighted by molar-refractivity contribution is 0.153. The normalized spacial score (nSPS) is 24.5. The molecule has 2 atom stereocenters. The number of rotatable bonds is 5. The van der Waals surface area contributed by atoms with Crippen LogP contribution in [0, 0.1) is 11.3 Å². The lowest BCUT2D eigenvalue weighted by Crippen LogP contribution is -2.48. The Bertz CT molecular complexity index is 242. The second kappa shape index (κ2) is 7.64. The van der Waals surface area contributed by atoms with E-state index in [9.17, 15) is 0 Å². The second-order valence-corrected chi connectivity index (χ2v) is 7.89. The smallest absolute Gasteiger partial charge is 0.0243 e. The maximum Gasteiger partial charge on any atom is 0.0243 e. The molecule has 0 bridgehead atoms. The van der Waals surface area contributed by atoms with Crippen LogP contribution in [0.5, 0.6) is 0 Å². The summed E-state index contributed by atoms with van der Waals surface area (Å²) in [5.41, 5.74) is 0.361. The summed E-state index contributed by atoms with van der Waals surface area (Å²) in [6.07, 6.45) is 5.40. The molecule has 0 radical (unpaired) electrons. The highest BCUT2D eigenvalue weighted by Crippen LogP contribution is 2.23. The van der Waals surface area contributed by atoms with E-state index in [1.165, 1.54) is 45.3 Å². The van der Waals surface area contributed by atoms with E-state index in [4.69, 9.17) is 0 Å². The molecule has 0 aliphatic carbocycles. The molecule has 1 N–H and O–H groups in total. The Balaban J connectivity index is 2.46. The average Bonchev–Trinajstić information content (AvgIpc) is 2.53. The van der Waals surface area contributed by atoms with Crippen molar-refractivity contribution >= 4 is 0 Å². The predicted octanol–water partition coefficient (Wildman–Crippen LogP) is 3.91. The van der Waals surface area contributed by atoms with Crippen LogP contribution in [0.4, 0.5) is 0 Å². The Labute approximate surface area is 121 Å². The maximum absolute atomic E-state index is 3.74. The van der Waals surface area contributed by atoms with Gasteiger partial charge in [-0.1, -0.05) is 47.5 Å². The van der Waals surface area contributed by atoms with Crippen molar-refractivity contribution in [2.24, 2.45) is 11.3 Å². The van der Waals surface area contributed by atoms with Crippen molar-refractivity contribution in [2.45, 2.75) is 79.3 Å². The molecular formula is C17H36N2. The minimum Gasteiger partial charge on any atom is -0.312 e. The van der Waals surface area contributed by atoms with E-state index in [2.05, 4.69) is 51.8 Å². The molecule has 19 heavy (non-hydrogen) atoms. The first kappa shape index (κ1) is 17.0. The summed E-state index contributed by atoms with van der Waals surface area (Å²) >= 11 is 0. The van der Waals surface area contributed by atoms with Crippen molar-refractivity contribution < 1.29 is 0 Å². The predicted molar refractivity (Wildman–Crippen MR) is 85.6 cm³/mol. The second-order valence-electron chi connectivity index (χ2n) is 7.89. The number of nitrogens with one attached hydrogen (secondary N) is 1. The SMILES string of the molecule is CC(C)CCCC(C)N1CCCNC(C(C)(C)C)C1. The highest BCUT2D eigenvalue weighted by molar-refractivity contribution is 4.87. The number of hydrogen-bond acceptors (Lipinski definition) is 2. The van der Waals surface area contributed by atoms with Crippen LogP contribution in [0.1, 0.15) is 67.2 Å². The van der Waals surface area contributed by atoms with Crippen LogP contribution in [0.15, 0.2) is 0 Å². The summed E-state index contributed by atoms with van der Waals surface area (Å²) in [7, 11) is 0. The van der Waals surface area contributed by atoms with E-state index in [-0.39, 0.29) is 0 Å². The molecule has 1 aliphatic rings. The molecule has 114 valence electrons. The lowest BCUT2D eigenvalue weighted by Gasteiger charge is -2.36. The number of nitrogens with zero attached hydrogens (tertiary/aromatic N) is 1. The molecular weight excluding hydrogens is 232 g/mol. The van der Waals surface area contributed by atoms with E-state index >= 15 is 0 Å². The zero-order valence-corrected chi connectivity index (χ0v) is 14.1. The van der Waals surface area contributed by atoms with Gasteiger partial charge in [-0.05, 0) is 44.2 Å². The molecule has 1 fully saturated rings. The van der Waals surface area contributed by atoms with Gasteiger partial charge in [-0.25, -0.2) is 0 Å². The molecule has 0 aromatic carbocycles. The standard InChI is InChI=1S/C17H36N2/c1-14(2)9-7-10-15(3)19-12-8-11-18-16(13-19)17(4,5)6/h14-16,18H,7-13H2,1-6H3. The van der Waals surface area contributed by atoms with E-state index < -0.39 is 0 Å². The Morgan fingerprint density at radius 1 is 1.16 bits per heavy atom. The van der Waals surface area contributed by atoms with Crippen molar-refractivity contribution in [3.63, 3.8) is 0 Å².